The fraction of sp³-hybridized carbons (Fsp3) is 0.727. The molecule has 2 amide bonds. The molecule has 6 heteroatoms. The molecular weight excluding hydrogens is 224 g/mol. The minimum atomic E-state index is -0.835. The van der Waals surface area contributed by atoms with E-state index >= 15 is 0 Å². The number of rotatable bonds is 3. The number of carboxylic acid groups (broad SMARTS) is 1. The Labute approximate surface area is 99.2 Å². The van der Waals surface area contributed by atoms with Crippen LogP contribution in [0.3, 0.4) is 0 Å². The lowest BCUT2D eigenvalue weighted by Gasteiger charge is -2.31. The van der Waals surface area contributed by atoms with Gasteiger partial charge in [-0.1, -0.05) is 0 Å². The van der Waals surface area contributed by atoms with Crippen LogP contribution in [0.5, 0.6) is 0 Å². The number of aliphatic carboxylic acids is 1. The van der Waals surface area contributed by atoms with Gasteiger partial charge in [0.2, 0.25) is 11.8 Å². The maximum Gasteiger partial charge on any atom is 0.304 e. The second-order valence-corrected chi connectivity index (χ2v) is 4.68. The summed E-state index contributed by atoms with van der Waals surface area (Å²) in [7, 11) is 1.52. The summed E-state index contributed by atoms with van der Waals surface area (Å²) in [4.78, 5) is 37.2. The van der Waals surface area contributed by atoms with E-state index in [9.17, 15) is 14.4 Å². The molecule has 2 atom stereocenters. The summed E-state index contributed by atoms with van der Waals surface area (Å²) in [6, 6.07) is 0. The van der Waals surface area contributed by atoms with Gasteiger partial charge in [0, 0.05) is 20.1 Å². The molecule has 94 valence electrons. The molecule has 0 aromatic heterocycles. The lowest BCUT2D eigenvalue weighted by atomic mass is 9.88. The predicted molar refractivity (Wildman–Crippen MR) is 58.1 cm³/mol. The van der Waals surface area contributed by atoms with Crippen LogP contribution in [0.1, 0.15) is 12.8 Å². The van der Waals surface area contributed by atoms with Gasteiger partial charge in [0.15, 0.2) is 0 Å². The number of hydrogen-bond donors (Lipinski definition) is 1. The molecule has 6 nitrogen and oxygen atoms in total. The van der Waals surface area contributed by atoms with E-state index in [4.69, 9.17) is 5.11 Å². The molecule has 2 fully saturated rings. The number of amides is 2. The molecule has 0 aromatic rings. The van der Waals surface area contributed by atoms with Crippen molar-refractivity contribution < 1.29 is 19.5 Å². The average molecular weight is 240 g/mol. The molecule has 0 aromatic carbocycles. The van der Waals surface area contributed by atoms with Crippen LogP contribution in [0, 0.1) is 11.8 Å². The van der Waals surface area contributed by atoms with Crippen LogP contribution in [0.4, 0.5) is 0 Å². The molecule has 0 unspecified atom stereocenters. The SMILES string of the molecule is CN1C(=O)[C@H]2CCN(CCC(=O)O)C[C@H]2C1=O. The molecule has 2 heterocycles. The summed E-state index contributed by atoms with van der Waals surface area (Å²) in [5.41, 5.74) is 0. The smallest absolute Gasteiger partial charge is 0.304 e. The minimum Gasteiger partial charge on any atom is -0.481 e. The van der Waals surface area contributed by atoms with Crippen LogP contribution in [-0.4, -0.2) is 59.4 Å². The van der Waals surface area contributed by atoms with Gasteiger partial charge in [0.05, 0.1) is 18.3 Å². The van der Waals surface area contributed by atoms with Crippen LogP contribution >= 0.6 is 0 Å². The van der Waals surface area contributed by atoms with Gasteiger partial charge in [-0.2, -0.15) is 0 Å². The van der Waals surface area contributed by atoms with E-state index in [0.717, 1.165) is 0 Å². The summed E-state index contributed by atoms with van der Waals surface area (Å²) in [6.07, 6.45) is 0.731. The molecular formula is C11H16N2O4. The van der Waals surface area contributed by atoms with Crippen LogP contribution in [0.25, 0.3) is 0 Å². The van der Waals surface area contributed by atoms with Crippen molar-refractivity contribution in [2.75, 3.05) is 26.7 Å². The van der Waals surface area contributed by atoms with Gasteiger partial charge >= 0.3 is 5.97 Å². The monoisotopic (exact) mass is 240 g/mol. The first-order valence-corrected chi connectivity index (χ1v) is 5.76. The zero-order valence-electron chi connectivity index (χ0n) is 9.76. The fourth-order valence-electron chi connectivity index (χ4n) is 2.63. The Kier molecular flexibility index (Phi) is 3.15. The Hall–Kier alpha value is -1.43. The van der Waals surface area contributed by atoms with Crippen LogP contribution in [0.15, 0.2) is 0 Å². The molecule has 2 saturated heterocycles. The van der Waals surface area contributed by atoms with E-state index in [1.54, 1.807) is 0 Å². The van der Waals surface area contributed by atoms with Crippen LogP contribution < -0.4 is 0 Å². The van der Waals surface area contributed by atoms with E-state index in [2.05, 4.69) is 0 Å². The van der Waals surface area contributed by atoms with Gasteiger partial charge in [-0.05, 0) is 13.0 Å². The average Bonchev–Trinajstić information content (AvgIpc) is 2.52. The van der Waals surface area contributed by atoms with Crippen molar-refractivity contribution in [3.05, 3.63) is 0 Å². The third-order valence-corrected chi connectivity index (χ3v) is 3.63. The summed E-state index contributed by atoms with van der Waals surface area (Å²) in [5, 5.41) is 8.61. The second kappa shape index (κ2) is 4.44. The summed E-state index contributed by atoms with van der Waals surface area (Å²) in [5.74, 6) is -1.50. The number of piperidine rings is 1. The first-order valence-electron chi connectivity index (χ1n) is 5.76. The van der Waals surface area contributed by atoms with Gasteiger partial charge in [0.1, 0.15) is 0 Å². The highest BCUT2D eigenvalue weighted by molar-refractivity contribution is 6.05. The lowest BCUT2D eigenvalue weighted by molar-refractivity contribution is -0.138. The number of carbonyl (C=O) groups is 3. The normalized spacial score (nSPS) is 29.6. The van der Waals surface area contributed by atoms with Crippen molar-refractivity contribution in [2.24, 2.45) is 11.8 Å². The van der Waals surface area contributed by atoms with E-state index in [1.807, 2.05) is 4.90 Å². The first-order chi connectivity index (χ1) is 8.00. The van der Waals surface area contributed by atoms with E-state index in [-0.39, 0.29) is 30.1 Å². The number of nitrogens with zero attached hydrogens (tertiary/aromatic N) is 2. The number of carboxylic acids is 1. The zero-order valence-corrected chi connectivity index (χ0v) is 9.76. The van der Waals surface area contributed by atoms with Gasteiger partial charge in [-0.3, -0.25) is 19.3 Å². The molecule has 0 spiro atoms. The summed E-state index contributed by atoms with van der Waals surface area (Å²) >= 11 is 0. The standard InChI is InChI=1S/C11H16N2O4/c1-12-10(16)7-2-4-13(5-3-9(14)15)6-8(7)11(12)17/h7-8H,2-6H2,1H3,(H,14,15)/t7-,8+/m0/s1. The number of fused-ring (bicyclic) bond motifs is 1. The third kappa shape index (κ3) is 2.17. The van der Waals surface area contributed by atoms with Crippen molar-refractivity contribution in [2.45, 2.75) is 12.8 Å². The topological polar surface area (TPSA) is 77.9 Å². The Bertz CT molecular complexity index is 368. The second-order valence-electron chi connectivity index (χ2n) is 4.68. The van der Waals surface area contributed by atoms with Crippen molar-refractivity contribution in [1.82, 2.24) is 9.80 Å². The lowest BCUT2D eigenvalue weighted by Crippen LogP contribution is -2.42. The minimum absolute atomic E-state index is 0.0787. The molecule has 2 aliphatic heterocycles. The molecule has 2 aliphatic rings. The molecule has 0 bridgehead atoms. The Morgan fingerprint density at radius 2 is 2.00 bits per heavy atom. The molecule has 0 aliphatic carbocycles. The maximum absolute atomic E-state index is 11.8. The summed E-state index contributed by atoms with van der Waals surface area (Å²) < 4.78 is 0. The Balaban J connectivity index is 1.97. The number of likely N-dealkylation sites (tertiary alicyclic amines) is 2. The number of imide groups is 1. The van der Waals surface area contributed by atoms with Crippen molar-refractivity contribution in [1.29, 1.82) is 0 Å². The number of carbonyl (C=O) groups excluding carboxylic acids is 2. The quantitative estimate of drug-likeness (QED) is 0.666. The van der Waals surface area contributed by atoms with Crippen molar-refractivity contribution in [3.8, 4) is 0 Å². The Morgan fingerprint density at radius 3 is 2.65 bits per heavy atom. The predicted octanol–water partition coefficient (Wildman–Crippen LogP) is -0.602. The fourth-order valence-corrected chi connectivity index (χ4v) is 2.63. The van der Waals surface area contributed by atoms with Crippen LogP contribution in [-0.2, 0) is 14.4 Å². The Morgan fingerprint density at radius 1 is 1.35 bits per heavy atom. The highest BCUT2D eigenvalue weighted by atomic mass is 16.4. The first kappa shape index (κ1) is 12.0. The molecule has 0 radical (unpaired) electrons. The largest absolute Gasteiger partial charge is 0.481 e. The molecule has 17 heavy (non-hydrogen) atoms. The van der Waals surface area contributed by atoms with Gasteiger partial charge in [0.25, 0.3) is 0 Å². The van der Waals surface area contributed by atoms with Crippen LogP contribution in [0.2, 0.25) is 0 Å². The van der Waals surface area contributed by atoms with E-state index in [1.165, 1.54) is 11.9 Å². The maximum atomic E-state index is 11.8. The molecule has 2 rings (SSSR count). The van der Waals surface area contributed by atoms with Gasteiger partial charge in [-0.15, -0.1) is 0 Å². The third-order valence-electron chi connectivity index (χ3n) is 3.63. The van der Waals surface area contributed by atoms with Crippen molar-refractivity contribution >= 4 is 17.8 Å². The summed E-state index contributed by atoms with van der Waals surface area (Å²) in [6.45, 7) is 1.65. The highest BCUT2D eigenvalue weighted by Gasteiger charge is 2.48. The van der Waals surface area contributed by atoms with E-state index < -0.39 is 5.97 Å². The molecule has 0 saturated carbocycles. The number of hydrogen-bond acceptors (Lipinski definition) is 4. The van der Waals surface area contributed by atoms with Gasteiger partial charge < -0.3 is 10.0 Å². The molecule has 1 N–H and O–H groups in total. The van der Waals surface area contributed by atoms with Crippen molar-refractivity contribution in [3.63, 3.8) is 0 Å². The van der Waals surface area contributed by atoms with E-state index in [0.29, 0.717) is 26.1 Å². The zero-order chi connectivity index (χ0) is 12.6. The highest BCUT2D eigenvalue weighted by Crippen LogP contribution is 2.32. The van der Waals surface area contributed by atoms with Gasteiger partial charge in [-0.25, -0.2) is 0 Å².